The molecule has 160 valence electrons. The SMILES string of the molecule is COc1ccc(S(=O)(=O)N(C)C)cc1NC(=O)C1CC(=O)N(c2ccccc2Cl)C1. The first-order valence-electron chi connectivity index (χ1n) is 9.11. The van der Waals surface area contributed by atoms with E-state index in [1.54, 1.807) is 24.3 Å². The minimum atomic E-state index is -3.69. The number of carbonyl (C=O) groups is 2. The van der Waals surface area contributed by atoms with E-state index in [4.69, 9.17) is 16.3 Å². The average molecular weight is 452 g/mol. The van der Waals surface area contributed by atoms with Crippen molar-refractivity contribution in [2.75, 3.05) is 38.0 Å². The van der Waals surface area contributed by atoms with Gasteiger partial charge in [-0.3, -0.25) is 9.59 Å². The number of anilines is 2. The molecule has 1 aliphatic heterocycles. The molecule has 1 unspecified atom stereocenters. The molecule has 0 aliphatic carbocycles. The number of hydrogen-bond acceptors (Lipinski definition) is 5. The minimum Gasteiger partial charge on any atom is -0.495 e. The fourth-order valence-corrected chi connectivity index (χ4v) is 4.34. The summed E-state index contributed by atoms with van der Waals surface area (Å²) in [6, 6.07) is 11.2. The number of carbonyl (C=O) groups excluding carboxylic acids is 2. The lowest BCUT2D eigenvalue weighted by molar-refractivity contribution is -0.122. The number of benzene rings is 2. The number of halogens is 1. The Labute approximate surface area is 180 Å². The van der Waals surface area contributed by atoms with Gasteiger partial charge in [-0.2, -0.15) is 0 Å². The van der Waals surface area contributed by atoms with Gasteiger partial charge < -0.3 is 15.0 Å². The van der Waals surface area contributed by atoms with Crippen molar-refractivity contribution in [2.45, 2.75) is 11.3 Å². The maximum absolute atomic E-state index is 12.8. The van der Waals surface area contributed by atoms with Crippen LogP contribution in [0, 0.1) is 5.92 Å². The highest BCUT2D eigenvalue weighted by Crippen LogP contribution is 2.33. The first kappa shape index (κ1) is 22.1. The molecule has 0 spiro atoms. The highest BCUT2D eigenvalue weighted by molar-refractivity contribution is 7.89. The standard InChI is InChI=1S/C20H22ClN3O5S/c1-23(2)30(27,28)14-8-9-18(29-3)16(11-14)22-20(26)13-10-19(25)24(12-13)17-7-5-4-6-15(17)21/h4-9,11,13H,10,12H2,1-3H3,(H,22,26). The number of methoxy groups -OCH3 is 1. The third-order valence-corrected chi connectivity index (χ3v) is 6.98. The van der Waals surface area contributed by atoms with Crippen LogP contribution in [0.25, 0.3) is 0 Å². The van der Waals surface area contributed by atoms with Gasteiger partial charge in [0.25, 0.3) is 0 Å². The van der Waals surface area contributed by atoms with E-state index in [0.29, 0.717) is 16.5 Å². The van der Waals surface area contributed by atoms with Crippen LogP contribution in [0.1, 0.15) is 6.42 Å². The fourth-order valence-electron chi connectivity index (χ4n) is 3.18. The number of hydrogen-bond donors (Lipinski definition) is 1. The van der Waals surface area contributed by atoms with Crippen molar-refractivity contribution >= 4 is 44.8 Å². The van der Waals surface area contributed by atoms with E-state index in [0.717, 1.165) is 4.31 Å². The van der Waals surface area contributed by atoms with Gasteiger partial charge in [-0.25, -0.2) is 12.7 Å². The zero-order valence-electron chi connectivity index (χ0n) is 16.8. The number of nitrogens with one attached hydrogen (secondary N) is 1. The van der Waals surface area contributed by atoms with Crippen molar-refractivity contribution in [3.05, 3.63) is 47.5 Å². The normalized spacial score (nSPS) is 16.8. The van der Waals surface area contributed by atoms with Gasteiger partial charge in [0.05, 0.1) is 34.3 Å². The number of sulfonamides is 1. The van der Waals surface area contributed by atoms with Crippen molar-refractivity contribution in [3.63, 3.8) is 0 Å². The van der Waals surface area contributed by atoms with Crippen molar-refractivity contribution in [3.8, 4) is 5.75 Å². The van der Waals surface area contributed by atoms with Crippen molar-refractivity contribution < 1.29 is 22.7 Å². The molecule has 1 heterocycles. The van der Waals surface area contributed by atoms with Gasteiger partial charge in [-0.15, -0.1) is 0 Å². The molecular weight excluding hydrogens is 430 g/mol. The molecule has 0 saturated carbocycles. The lowest BCUT2D eigenvalue weighted by Gasteiger charge is -2.18. The van der Waals surface area contributed by atoms with E-state index in [9.17, 15) is 18.0 Å². The number of ether oxygens (including phenoxy) is 1. The molecule has 1 aliphatic rings. The summed E-state index contributed by atoms with van der Waals surface area (Å²) >= 11 is 6.18. The van der Waals surface area contributed by atoms with Gasteiger partial charge in [0.2, 0.25) is 21.8 Å². The highest BCUT2D eigenvalue weighted by atomic mass is 35.5. The maximum atomic E-state index is 12.8. The van der Waals surface area contributed by atoms with E-state index in [1.807, 2.05) is 0 Å². The summed E-state index contributed by atoms with van der Waals surface area (Å²) in [6.07, 6.45) is 0.0229. The molecule has 1 saturated heterocycles. The average Bonchev–Trinajstić information content (AvgIpc) is 3.09. The zero-order chi connectivity index (χ0) is 22.1. The van der Waals surface area contributed by atoms with E-state index < -0.39 is 21.8 Å². The van der Waals surface area contributed by atoms with Crippen LogP contribution < -0.4 is 15.0 Å². The first-order chi connectivity index (χ1) is 14.1. The van der Waals surface area contributed by atoms with E-state index >= 15 is 0 Å². The number of para-hydroxylation sites is 1. The Morgan fingerprint density at radius 1 is 1.23 bits per heavy atom. The molecule has 2 aromatic rings. The third-order valence-electron chi connectivity index (χ3n) is 4.85. The molecule has 1 N–H and O–H groups in total. The largest absolute Gasteiger partial charge is 0.495 e. The summed E-state index contributed by atoms with van der Waals surface area (Å²) in [5, 5.41) is 3.13. The topological polar surface area (TPSA) is 96.0 Å². The van der Waals surface area contributed by atoms with E-state index in [-0.39, 0.29) is 29.5 Å². The summed E-state index contributed by atoms with van der Waals surface area (Å²) in [7, 11) is 0.576. The predicted molar refractivity (Wildman–Crippen MR) is 114 cm³/mol. The van der Waals surface area contributed by atoms with Crippen LogP contribution in [-0.4, -0.2) is 52.3 Å². The molecule has 2 aromatic carbocycles. The Bertz CT molecular complexity index is 1090. The van der Waals surface area contributed by atoms with E-state index in [2.05, 4.69) is 5.32 Å². The second kappa shape index (κ2) is 8.63. The van der Waals surface area contributed by atoms with E-state index in [1.165, 1.54) is 44.3 Å². The number of rotatable bonds is 6. The van der Waals surface area contributed by atoms with Gasteiger partial charge >= 0.3 is 0 Å². The van der Waals surface area contributed by atoms with Gasteiger partial charge in [0, 0.05) is 27.1 Å². The van der Waals surface area contributed by atoms with Gasteiger partial charge in [-0.05, 0) is 30.3 Å². The third kappa shape index (κ3) is 4.28. The second-order valence-corrected chi connectivity index (χ2v) is 9.55. The van der Waals surface area contributed by atoms with Crippen molar-refractivity contribution in [1.29, 1.82) is 0 Å². The van der Waals surface area contributed by atoms with Crippen LogP contribution in [0.4, 0.5) is 11.4 Å². The minimum absolute atomic E-state index is 0.0174. The molecule has 30 heavy (non-hydrogen) atoms. The summed E-state index contributed by atoms with van der Waals surface area (Å²) < 4.78 is 31.1. The Balaban J connectivity index is 1.82. The highest BCUT2D eigenvalue weighted by Gasteiger charge is 2.36. The molecule has 8 nitrogen and oxygen atoms in total. The Kier molecular flexibility index (Phi) is 6.35. The van der Waals surface area contributed by atoms with Crippen molar-refractivity contribution in [1.82, 2.24) is 4.31 Å². The second-order valence-electron chi connectivity index (χ2n) is 7.00. The Hall–Kier alpha value is -2.62. The van der Waals surface area contributed by atoms with Gasteiger partial charge in [-0.1, -0.05) is 23.7 Å². The molecular formula is C20H22ClN3O5S. The molecule has 0 aromatic heterocycles. The quantitative estimate of drug-likeness (QED) is 0.728. The summed E-state index contributed by atoms with van der Waals surface area (Å²) in [4.78, 5) is 26.8. The molecule has 1 fully saturated rings. The van der Waals surface area contributed by atoms with Crippen LogP contribution in [0.15, 0.2) is 47.4 Å². The summed E-state index contributed by atoms with van der Waals surface area (Å²) in [6.45, 7) is 0.173. The monoisotopic (exact) mass is 451 g/mol. The summed E-state index contributed by atoms with van der Waals surface area (Å²) in [5.74, 6) is -0.921. The van der Waals surface area contributed by atoms with Gasteiger partial charge in [0.15, 0.2) is 0 Å². The van der Waals surface area contributed by atoms with Crippen LogP contribution in [-0.2, 0) is 19.6 Å². The first-order valence-corrected chi connectivity index (χ1v) is 10.9. The van der Waals surface area contributed by atoms with Gasteiger partial charge in [0.1, 0.15) is 5.75 Å². The predicted octanol–water partition coefficient (Wildman–Crippen LogP) is 2.59. The van der Waals surface area contributed by atoms with Crippen LogP contribution in [0.5, 0.6) is 5.75 Å². The fraction of sp³-hybridized carbons (Fsp3) is 0.300. The molecule has 1 atom stereocenters. The molecule has 10 heteroatoms. The zero-order valence-corrected chi connectivity index (χ0v) is 18.3. The Morgan fingerprint density at radius 2 is 1.93 bits per heavy atom. The maximum Gasteiger partial charge on any atom is 0.242 e. The van der Waals surface area contributed by atoms with Crippen LogP contribution in [0.3, 0.4) is 0 Å². The van der Waals surface area contributed by atoms with Crippen molar-refractivity contribution in [2.24, 2.45) is 5.92 Å². The van der Waals surface area contributed by atoms with Crippen LogP contribution in [0.2, 0.25) is 5.02 Å². The molecule has 0 radical (unpaired) electrons. The molecule has 2 amide bonds. The Morgan fingerprint density at radius 3 is 2.57 bits per heavy atom. The molecule has 3 rings (SSSR count). The number of nitrogens with zero attached hydrogens (tertiary/aromatic N) is 2. The smallest absolute Gasteiger partial charge is 0.242 e. The van der Waals surface area contributed by atoms with Crippen LogP contribution >= 0.6 is 11.6 Å². The summed E-state index contributed by atoms with van der Waals surface area (Å²) in [5.41, 5.74) is 0.769. The number of amides is 2. The lowest BCUT2D eigenvalue weighted by atomic mass is 10.1. The lowest BCUT2D eigenvalue weighted by Crippen LogP contribution is -2.28. The molecule has 0 bridgehead atoms.